The van der Waals surface area contributed by atoms with Crippen LogP contribution in [0, 0.1) is 0 Å². The number of rotatable bonds is 3. The smallest absolute Gasteiger partial charge is 0.157 e. The lowest BCUT2D eigenvalue weighted by Crippen LogP contribution is -2.04. The van der Waals surface area contributed by atoms with E-state index in [1.54, 1.807) is 13.0 Å². The molecule has 13 heavy (non-hydrogen) atoms. The van der Waals surface area contributed by atoms with Crippen molar-refractivity contribution in [2.24, 2.45) is 5.73 Å². The molecule has 0 fully saturated rings. The molecule has 0 heterocycles. The molecule has 72 valence electrons. The average molecular weight is 179 g/mol. The Kier molecular flexibility index (Phi) is 4.18. The fraction of sp³-hybridized carbons (Fsp3) is 0.364. The van der Waals surface area contributed by atoms with Crippen molar-refractivity contribution in [1.82, 2.24) is 0 Å². The lowest BCUT2D eigenvalue weighted by Gasteiger charge is -2.02. The van der Waals surface area contributed by atoms with Crippen LogP contribution in [0.4, 0.5) is 0 Å². The molecule has 0 saturated carbocycles. The summed E-state index contributed by atoms with van der Waals surface area (Å²) < 4.78 is 0. The summed E-state index contributed by atoms with van der Waals surface area (Å²) >= 11 is 0. The van der Waals surface area contributed by atoms with E-state index in [1.807, 2.05) is 13.8 Å². The Balaban J connectivity index is 4.92. The molecule has 2 nitrogen and oxygen atoms in total. The van der Waals surface area contributed by atoms with E-state index >= 15 is 0 Å². The number of ketones is 1. The van der Waals surface area contributed by atoms with Gasteiger partial charge < -0.3 is 5.73 Å². The standard InChI is InChI=1S/C11H17NO/c1-7(2)8(3)6-11(12)9(4)10(5)13/h6H,1,12H2,2-5H3/b8-6+,11-9-. The van der Waals surface area contributed by atoms with E-state index in [9.17, 15) is 4.79 Å². The van der Waals surface area contributed by atoms with Crippen molar-refractivity contribution in [1.29, 1.82) is 0 Å². The maximum atomic E-state index is 10.9. The van der Waals surface area contributed by atoms with Crippen LogP contribution in [0.5, 0.6) is 0 Å². The molecule has 0 unspecified atom stereocenters. The maximum absolute atomic E-state index is 10.9. The van der Waals surface area contributed by atoms with E-state index in [0.717, 1.165) is 11.1 Å². The van der Waals surface area contributed by atoms with E-state index in [0.29, 0.717) is 11.3 Å². The van der Waals surface area contributed by atoms with Gasteiger partial charge in [-0.25, -0.2) is 0 Å². The second-order valence-electron chi connectivity index (χ2n) is 3.24. The van der Waals surface area contributed by atoms with Gasteiger partial charge >= 0.3 is 0 Å². The summed E-state index contributed by atoms with van der Waals surface area (Å²) in [4.78, 5) is 10.9. The zero-order chi connectivity index (χ0) is 10.6. The van der Waals surface area contributed by atoms with Gasteiger partial charge in [0.1, 0.15) is 0 Å². The topological polar surface area (TPSA) is 43.1 Å². The van der Waals surface area contributed by atoms with E-state index < -0.39 is 0 Å². The summed E-state index contributed by atoms with van der Waals surface area (Å²) in [6.45, 7) is 10.8. The quantitative estimate of drug-likeness (QED) is 0.533. The second-order valence-corrected chi connectivity index (χ2v) is 3.24. The first kappa shape index (κ1) is 11.7. The predicted octanol–water partition coefficient (Wildman–Crippen LogP) is 2.33. The Morgan fingerprint density at radius 3 is 2.00 bits per heavy atom. The molecule has 0 aliphatic rings. The second kappa shape index (κ2) is 4.65. The van der Waals surface area contributed by atoms with Gasteiger partial charge in [0.05, 0.1) is 0 Å². The van der Waals surface area contributed by atoms with Gasteiger partial charge in [-0.2, -0.15) is 0 Å². The van der Waals surface area contributed by atoms with E-state index in [2.05, 4.69) is 6.58 Å². The Morgan fingerprint density at radius 1 is 1.23 bits per heavy atom. The molecule has 0 radical (unpaired) electrons. The Hall–Kier alpha value is -1.31. The van der Waals surface area contributed by atoms with Gasteiger partial charge in [0.25, 0.3) is 0 Å². The molecule has 0 aromatic carbocycles. The molecule has 0 bridgehead atoms. The van der Waals surface area contributed by atoms with E-state index in [1.165, 1.54) is 6.92 Å². The maximum Gasteiger partial charge on any atom is 0.157 e. The number of carbonyl (C=O) groups is 1. The van der Waals surface area contributed by atoms with Crippen molar-refractivity contribution in [3.05, 3.63) is 35.1 Å². The van der Waals surface area contributed by atoms with E-state index in [4.69, 9.17) is 5.73 Å². The monoisotopic (exact) mass is 179 g/mol. The molecular formula is C11H17NO. The van der Waals surface area contributed by atoms with Crippen molar-refractivity contribution in [2.45, 2.75) is 27.7 Å². The third kappa shape index (κ3) is 3.74. The minimum absolute atomic E-state index is 0.00302. The summed E-state index contributed by atoms with van der Waals surface area (Å²) in [6.07, 6.45) is 1.78. The first-order chi connectivity index (χ1) is 5.86. The molecule has 0 spiro atoms. The molecule has 0 amide bonds. The highest BCUT2D eigenvalue weighted by Gasteiger charge is 2.01. The molecular weight excluding hydrogens is 162 g/mol. The number of nitrogens with two attached hydrogens (primary N) is 1. The van der Waals surface area contributed by atoms with Crippen LogP contribution in [0.15, 0.2) is 35.1 Å². The summed E-state index contributed by atoms with van der Waals surface area (Å²) in [7, 11) is 0. The zero-order valence-electron chi connectivity index (χ0n) is 8.77. The number of Topliss-reactive ketones (excluding diaryl/α,β-unsaturated/α-hetero) is 1. The first-order valence-corrected chi connectivity index (χ1v) is 4.17. The van der Waals surface area contributed by atoms with Gasteiger partial charge in [-0.15, -0.1) is 0 Å². The Morgan fingerprint density at radius 2 is 1.69 bits per heavy atom. The van der Waals surface area contributed by atoms with Crippen LogP contribution in [-0.4, -0.2) is 5.78 Å². The molecule has 0 aromatic rings. The molecule has 0 rings (SSSR count). The Bertz CT molecular complexity index is 295. The van der Waals surface area contributed by atoms with Crippen LogP contribution in [0.3, 0.4) is 0 Å². The highest BCUT2D eigenvalue weighted by molar-refractivity contribution is 5.93. The third-order valence-corrected chi connectivity index (χ3v) is 2.01. The van der Waals surface area contributed by atoms with Gasteiger partial charge in [0.2, 0.25) is 0 Å². The van der Waals surface area contributed by atoms with Crippen molar-refractivity contribution >= 4 is 5.78 Å². The summed E-state index contributed by atoms with van der Waals surface area (Å²) in [5.41, 5.74) is 8.77. The largest absolute Gasteiger partial charge is 0.398 e. The zero-order valence-corrected chi connectivity index (χ0v) is 8.77. The molecule has 2 N–H and O–H groups in total. The van der Waals surface area contributed by atoms with Gasteiger partial charge in [-0.05, 0) is 39.3 Å². The summed E-state index contributed by atoms with van der Waals surface area (Å²) in [5, 5.41) is 0. The molecule has 0 saturated heterocycles. The highest BCUT2D eigenvalue weighted by atomic mass is 16.1. The predicted molar refractivity (Wildman–Crippen MR) is 56.1 cm³/mol. The van der Waals surface area contributed by atoms with Crippen molar-refractivity contribution in [3.63, 3.8) is 0 Å². The average Bonchev–Trinajstić information content (AvgIpc) is 2.02. The van der Waals surface area contributed by atoms with Crippen LogP contribution in [0.1, 0.15) is 27.7 Å². The Labute approximate surface area is 79.8 Å². The van der Waals surface area contributed by atoms with Crippen molar-refractivity contribution in [3.8, 4) is 0 Å². The van der Waals surface area contributed by atoms with Crippen LogP contribution in [0.25, 0.3) is 0 Å². The van der Waals surface area contributed by atoms with Gasteiger partial charge in [0, 0.05) is 11.3 Å². The molecule has 0 aliphatic heterocycles. The number of carbonyl (C=O) groups excluding carboxylic acids is 1. The normalized spacial score (nSPS) is 13.7. The fourth-order valence-corrected chi connectivity index (χ4v) is 0.668. The highest BCUT2D eigenvalue weighted by Crippen LogP contribution is 2.09. The van der Waals surface area contributed by atoms with Crippen LogP contribution in [0.2, 0.25) is 0 Å². The summed E-state index contributed by atoms with van der Waals surface area (Å²) in [5.74, 6) is 0.00302. The van der Waals surface area contributed by atoms with Crippen molar-refractivity contribution < 1.29 is 4.79 Å². The minimum Gasteiger partial charge on any atom is -0.398 e. The van der Waals surface area contributed by atoms with Gasteiger partial charge in [0.15, 0.2) is 5.78 Å². The molecule has 0 atom stereocenters. The van der Waals surface area contributed by atoms with Gasteiger partial charge in [-0.3, -0.25) is 4.79 Å². The SMILES string of the molecule is C=C(C)/C(C)=C/C(N)=C(\C)C(C)=O. The lowest BCUT2D eigenvalue weighted by molar-refractivity contribution is -0.113. The summed E-state index contributed by atoms with van der Waals surface area (Å²) in [6, 6.07) is 0. The molecule has 2 heteroatoms. The fourth-order valence-electron chi connectivity index (χ4n) is 0.668. The van der Waals surface area contributed by atoms with Gasteiger partial charge in [-0.1, -0.05) is 12.2 Å². The minimum atomic E-state index is 0.00302. The first-order valence-electron chi connectivity index (χ1n) is 4.17. The van der Waals surface area contributed by atoms with Crippen LogP contribution >= 0.6 is 0 Å². The van der Waals surface area contributed by atoms with E-state index in [-0.39, 0.29) is 5.78 Å². The number of hydrogen-bond acceptors (Lipinski definition) is 2. The number of hydrogen-bond donors (Lipinski definition) is 1. The lowest BCUT2D eigenvalue weighted by atomic mass is 10.1. The third-order valence-electron chi connectivity index (χ3n) is 2.01. The van der Waals surface area contributed by atoms with Crippen LogP contribution in [-0.2, 0) is 4.79 Å². The van der Waals surface area contributed by atoms with Crippen LogP contribution < -0.4 is 5.73 Å². The van der Waals surface area contributed by atoms with Crippen molar-refractivity contribution in [2.75, 3.05) is 0 Å². The molecule has 0 aromatic heterocycles. The molecule has 0 aliphatic carbocycles. The number of allylic oxidation sites excluding steroid dienone is 4.